The van der Waals surface area contributed by atoms with Gasteiger partial charge in [0.15, 0.2) is 0 Å². The number of aliphatic carboxylic acids is 1. The summed E-state index contributed by atoms with van der Waals surface area (Å²) in [6.07, 6.45) is 0.773. The molecule has 0 aliphatic rings. The number of carboxylic acid groups (broad SMARTS) is 1. The van der Waals surface area contributed by atoms with Crippen molar-refractivity contribution in [2.75, 3.05) is 0 Å². The zero-order valence-electron chi connectivity index (χ0n) is 10.4. The van der Waals surface area contributed by atoms with E-state index in [0.29, 0.717) is 6.42 Å². The van der Waals surface area contributed by atoms with Crippen molar-refractivity contribution in [3.8, 4) is 0 Å². The van der Waals surface area contributed by atoms with Crippen LogP contribution in [0.5, 0.6) is 0 Å². The molecular weight excluding hydrogens is 214 g/mol. The van der Waals surface area contributed by atoms with Crippen LogP contribution in [-0.4, -0.2) is 15.6 Å². The highest BCUT2D eigenvalue weighted by molar-refractivity contribution is 5.86. The standard InChI is InChI=1S/C14H17NO2/c1-9-4-5-11-10(2)12(6-7-14(16)17)15(3)13(11)8-9/h4-5,8H,6-7H2,1-3H3,(H,16,17). The Morgan fingerprint density at radius 3 is 2.71 bits per heavy atom. The topological polar surface area (TPSA) is 42.2 Å². The van der Waals surface area contributed by atoms with Crippen molar-refractivity contribution in [1.82, 2.24) is 4.57 Å². The number of carbonyl (C=O) groups is 1. The minimum atomic E-state index is -0.745. The van der Waals surface area contributed by atoms with Gasteiger partial charge in [0, 0.05) is 23.6 Å². The lowest BCUT2D eigenvalue weighted by atomic mass is 10.1. The van der Waals surface area contributed by atoms with Crippen LogP contribution in [0.1, 0.15) is 23.2 Å². The first-order chi connectivity index (χ1) is 8.00. The van der Waals surface area contributed by atoms with Gasteiger partial charge in [-0.05, 0) is 37.5 Å². The number of benzene rings is 1. The summed E-state index contributed by atoms with van der Waals surface area (Å²) in [6.45, 7) is 4.13. The van der Waals surface area contributed by atoms with E-state index in [2.05, 4.69) is 36.6 Å². The van der Waals surface area contributed by atoms with E-state index in [0.717, 1.165) is 5.69 Å². The number of nitrogens with zero attached hydrogens (tertiary/aromatic N) is 1. The van der Waals surface area contributed by atoms with Crippen LogP contribution in [0.15, 0.2) is 18.2 Å². The first kappa shape index (κ1) is 11.7. The molecule has 1 N–H and O–H groups in total. The van der Waals surface area contributed by atoms with Gasteiger partial charge in [0.25, 0.3) is 0 Å². The number of rotatable bonds is 3. The van der Waals surface area contributed by atoms with Gasteiger partial charge in [-0.2, -0.15) is 0 Å². The van der Waals surface area contributed by atoms with Crippen LogP contribution >= 0.6 is 0 Å². The van der Waals surface area contributed by atoms with E-state index in [9.17, 15) is 4.79 Å². The summed E-state index contributed by atoms with van der Waals surface area (Å²) < 4.78 is 2.11. The second kappa shape index (κ2) is 4.24. The monoisotopic (exact) mass is 231 g/mol. The fourth-order valence-electron chi connectivity index (χ4n) is 2.37. The van der Waals surface area contributed by atoms with Crippen molar-refractivity contribution in [2.24, 2.45) is 7.05 Å². The van der Waals surface area contributed by atoms with Gasteiger partial charge in [-0.1, -0.05) is 12.1 Å². The highest BCUT2D eigenvalue weighted by atomic mass is 16.4. The van der Waals surface area contributed by atoms with E-state index in [-0.39, 0.29) is 6.42 Å². The number of fused-ring (bicyclic) bond motifs is 1. The van der Waals surface area contributed by atoms with Gasteiger partial charge in [-0.15, -0.1) is 0 Å². The predicted molar refractivity (Wildman–Crippen MR) is 68.3 cm³/mol. The maximum Gasteiger partial charge on any atom is 0.303 e. The average molecular weight is 231 g/mol. The van der Waals surface area contributed by atoms with Crippen LogP contribution in [0.3, 0.4) is 0 Å². The molecule has 3 heteroatoms. The van der Waals surface area contributed by atoms with E-state index < -0.39 is 5.97 Å². The van der Waals surface area contributed by atoms with Crippen molar-refractivity contribution < 1.29 is 9.90 Å². The second-order valence-corrected chi connectivity index (χ2v) is 4.55. The molecular formula is C14H17NO2. The summed E-state index contributed by atoms with van der Waals surface area (Å²) in [5.74, 6) is -0.745. The minimum absolute atomic E-state index is 0.185. The van der Waals surface area contributed by atoms with Crippen LogP contribution in [0, 0.1) is 13.8 Å². The maximum absolute atomic E-state index is 10.7. The molecule has 0 unspecified atom stereocenters. The van der Waals surface area contributed by atoms with E-state index in [1.807, 2.05) is 7.05 Å². The smallest absolute Gasteiger partial charge is 0.303 e. The summed E-state index contributed by atoms with van der Waals surface area (Å²) in [5, 5.41) is 9.99. The van der Waals surface area contributed by atoms with E-state index in [1.54, 1.807) is 0 Å². The SMILES string of the molecule is Cc1ccc2c(C)c(CCC(=O)O)n(C)c2c1. The van der Waals surface area contributed by atoms with Gasteiger partial charge in [0.2, 0.25) is 0 Å². The van der Waals surface area contributed by atoms with Gasteiger partial charge < -0.3 is 9.67 Å². The summed E-state index contributed by atoms with van der Waals surface area (Å²) in [7, 11) is 2.01. The van der Waals surface area contributed by atoms with Gasteiger partial charge in [-0.3, -0.25) is 4.79 Å². The lowest BCUT2D eigenvalue weighted by molar-refractivity contribution is -0.136. The Balaban J connectivity index is 2.52. The zero-order valence-corrected chi connectivity index (χ0v) is 10.4. The van der Waals surface area contributed by atoms with Crippen LogP contribution in [0.4, 0.5) is 0 Å². The number of aromatic nitrogens is 1. The number of carboxylic acids is 1. The van der Waals surface area contributed by atoms with Crippen molar-refractivity contribution in [2.45, 2.75) is 26.7 Å². The van der Waals surface area contributed by atoms with Crippen LogP contribution < -0.4 is 0 Å². The Kier molecular flexibility index (Phi) is 2.92. The average Bonchev–Trinajstić information content (AvgIpc) is 2.49. The molecule has 0 radical (unpaired) electrons. The van der Waals surface area contributed by atoms with Gasteiger partial charge in [-0.25, -0.2) is 0 Å². The maximum atomic E-state index is 10.7. The molecule has 2 aromatic rings. The van der Waals surface area contributed by atoms with Crippen LogP contribution in [0.25, 0.3) is 10.9 Å². The third-order valence-electron chi connectivity index (χ3n) is 3.33. The molecule has 1 aromatic heterocycles. The van der Waals surface area contributed by atoms with Crippen molar-refractivity contribution >= 4 is 16.9 Å². The lowest BCUT2D eigenvalue weighted by Crippen LogP contribution is -2.03. The largest absolute Gasteiger partial charge is 0.481 e. The number of aryl methyl sites for hydroxylation is 3. The Bertz CT molecular complexity index is 581. The van der Waals surface area contributed by atoms with E-state index >= 15 is 0 Å². The fourth-order valence-corrected chi connectivity index (χ4v) is 2.37. The van der Waals surface area contributed by atoms with Crippen LogP contribution in [-0.2, 0) is 18.3 Å². The van der Waals surface area contributed by atoms with Gasteiger partial charge >= 0.3 is 5.97 Å². The van der Waals surface area contributed by atoms with E-state index in [1.165, 1.54) is 22.0 Å². The summed E-state index contributed by atoms with van der Waals surface area (Å²) in [4.78, 5) is 10.7. The molecule has 0 amide bonds. The van der Waals surface area contributed by atoms with Crippen molar-refractivity contribution in [3.05, 3.63) is 35.0 Å². The van der Waals surface area contributed by atoms with Crippen LogP contribution in [0.2, 0.25) is 0 Å². The molecule has 1 aromatic carbocycles. The fraction of sp³-hybridized carbons (Fsp3) is 0.357. The van der Waals surface area contributed by atoms with E-state index in [4.69, 9.17) is 5.11 Å². The molecule has 0 aliphatic heterocycles. The summed E-state index contributed by atoms with van der Waals surface area (Å²) in [5.41, 5.74) is 4.72. The third-order valence-corrected chi connectivity index (χ3v) is 3.33. The number of hydrogen-bond donors (Lipinski definition) is 1. The number of hydrogen-bond acceptors (Lipinski definition) is 1. The summed E-state index contributed by atoms with van der Waals surface area (Å²) in [6, 6.07) is 6.35. The highest BCUT2D eigenvalue weighted by Crippen LogP contribution is 2.26. The first-order valence-electron chi connectivity index (χ1n) is 5.77. The molecule has 17 heavy (non-hydrogen) atoms. The molecule has 0 saturated heterocycles. The molecule has 0 saturated carbocycles. The summed E-state index contributed by atoms with van der Waals surface area (Å²) >= 11 is 0. The Labute approximate surface area is 101 Å². The molecule has 0 atom stereocenters. The second-order valence-electron chi connectivity index (χ2n) is 4.55. The molecule has 0 aliphatic carbocycles. The quantitative estimate of drug-likeness (QED) is 0.882. The third kappa shape index (κ3) is 2.05. The zero-order chi connectivity index (χ0) is 12.6. The molecule has 0 spiro atoms. The first-order valence-corrected chi connectivity index (χ1v) is 5.77. The van der Waals surface area contributed by atoms with Gasteiger partial charge in [0.1, 0.15) is 0 Å². The Morgan fingerprint density at radius 2 is 2.06 bits per heavy atom. The molecule has 90 valence electrons. The molecule has 0 bridgehead atoms. The normalized spacial score (nSPS) is 11.0. The molecule has 1 heterocycles. The molecule has 0 fully saturated rings. The minimum Gasteiger partial charge on any atom is -0.481 e. The van der Waals surface area contributed by atoms with Crippen molar-refractivity contribution in [1.29, 1.82) is 0 Å². The Hall–Kier alpha value is -1.77. The molecule has 3 nitrogen and oxygen atoms in total. The highest BCUT2D eigenvalue weighted by Gasteiger charge is 2.12. The predicted octanol–water partition coefficient (Wildman–Crippen LogP) is 2.81. The Morgan fingerprint density at radius 1 is 1.35 bits per heavy atom. The molecule has 2 rings (SSSR count). The van der Waals surface area contributed by atoms with Gasteiger partial charge in [0.05, 0.1) is 6.42 Å². The lowest BCUT2D eigenvalue weighted by Gasteiger charge is -2.03. The van der Waals surface area contributed by atoms with Crippen molar-refractivity contribution in [3.63, 3.8) is 0 Å².